The van der Waals surface area contributed by atoms with Crippen LogP contribution in [0.25, 0.3) is 11.0 Å². The first-order valence-corrected chi connectivity index (χ1v) is 12.6. The molecular weight excluding hydrogens is 575 g/mol. The van der Waals surface area contributed by atoms with Crippen LogP contribution in [0.4, 0.5) is 26.3 Å². The summed E-state index contributed by atoms with van der Waals surface area (Å²) in [4.78, 5) is 10.7. The van der Waals surface area contributed by atoms with Crippen molar-refractivity contribution < 1.29 is 26.3 Å². The molecule has 0 aliphatic heterocycles. The highest BCUT2D eigenvalue weighted by Gasteiger charge is 2.32. The monoisotopic (exact) mass is 595 g/mol. The quantitative estimate of drug-likeness (QED) is 0.210. The first-order chi connectivity index (χ1) is 18.8. The molecule has 2 aromatic heterocycles. The standard InChI is InChI=1S/C21H17ClF3N.C8H4ClF3N2/c1-14-9-16(12-17(10-14)21(23,24)25)19(11-15-5-3-2-4-6-15)20-8-7-18(22)13-26-20;9-5-1-4(8(10,11)12)2-6-7(5)14-3-13-6/h2-10,12-13,19H,11H2,1H3;1-3H,(H,13,14). The van der Waals surface area contributed by atoms with Crippen LogP contribution in [0.3, 0.4) is 0 Å². The molecule has 1 N–H and O–H groups in total. The number of hydrogen-bond acceptors (Lipinski definition) is 2. The highest BCUT2D eigenvalue weighted by atomic mass is 35.5. The van der Waals surface area contributed by atoms with Crippen molar-refractivity contribution in [3.05, 3.63) is 129 Å². The number of imidazole rings is 1. The molecule has 5 rings (SSSR count). The van der Waals surface area contributed by atoms with Gasteiger partial charge in [0, 0.05) is 17.8 Å². The summed E-state index contributed by atoms with van der Waals surface area (Å²) in [6, 6.07) is 19.2. The lowest BCUT2D eigenvalue weighted by atomic mass is 9.87. The lowest BCUT2D eigenvalue weighted by molar-refractivity contribution is -0.138. The van der Waals surface area contributed by atoms with E-state index in [9.17, 15) is 26.3 Å². The van der Waals surface area contributed by atoms with Crippen LogP contribution in [-0.2, 0) is 18.8 Å². The third kappa shape index (κ3) is 7.34. The van der Waals surface area contributed by atoms with E-state index in [2.05, 4.69) is 15.0 Å². The number of aromatic nitrogens is 3. The molecular formula is C29H21Cl2F6N3. The summed E-state index contributed by atoms with van der Waals surface area (Å²) in [5.74, 6) is -0.296. The molecule has 3 aromatic carbocycles. The predicted molar refractivity (Wildman–Crippen MR) is 144 cm³/mol. The minimum absolute atomic E-state index is 0.00363. The lowest BCUT2D eigenvalue weighted by Gasteiger charge is -2.20. The number of nitrogens with zero attached hydrogens (tertiary/aromatic N) is 2. The van der Waals surface area contributed by atoms with Gasteiger partial charge in [-0.25, -0.2) is 4.98 Å². The molecule has 0 saturated heterocycles. The molecule has 2 heterocycles. The van der Waals surface area contributed by atoms with Gasteiger partial charge in [-0.15, -0.1) is 0 Å². The second kappa shape index (κ2) is 11.9. The van der Waals surface area contributed by atoms with Crippen LogP contribution in [0, 0.1) is 6.92 Å². The van der Waals surface area contributed by atoms with Crippen molar-refractivity contribution in [2.75, 3.05) is 0 Å². The molecule has 0 fully saturated rings. The third-order valence-electron chi connectivity index (χ3n) is 6.02. The van der Waals surface area contributed by atoms with Gasteiger partial charge >= 0.3 is 12.4 Å². The Morgan fingerprint density at radius 1 is 0.800 bits per heavy atom. The van der Waals surface area contributed by atoms with Crippen LogP contribution in [0.15, 0.2) is 85.3 Å². The summed E-state index contributed by atoms with van der Waals surface area (Å²) < 4.78 is 76.7. The number of alkyl halides is 6. The Bertz CT molecular complexity index is 1580. The third-order valence-corrected chi connectivity index (χ3v) is 6.54. The van der Waals surface area contributed by atoms with Crippen molar-refractivity contribution in [3.8, 4) is 0 Å². The molecule has 0 aliphatic carbocycles. The average Bonchev–Trinajstić information content (AvgIpc) is 3.37. The Balaban J connectivity index is 0.000000222. The van der Waals surface area contributed by atoms with Crippen molar-refractivity contribution in [2.24, 2.45) is 0 Å². The van der Waals surface area contributed by atoms with E-state index in [1.54, 1.807) is 25.1 Å². The van der Waals surface area contributed by atoms with Gasteiger partial charge in [0.05, 0.1) is 33.0 Å². The smallest absolute Gasteiger partial charge is 0.345 e. The van der Waals surface area contributed by atoms with Gasteiger partial charge in [-0.1, -0.05) is 65.2 Å². The number of pyridine rings is 1. The Labute approximate surface area is 235 Å². The number of benzene rings is 3. The first-order valence-electron chi connectivity index (χ1n) is 11.9. The lowest BCUT2D eigenvalue weighted by Crippen LogP contribution is -2.11. The zero-order valence-corrected chi connectivity index (χ0v) is 22.3. The van der Waals surface area contributed by atoms with Gasteiger partial charge in [-0.2, -0.15) is 26.3 Å². The van der Waals surface area contributed by atoms with Crippen molar-refractivity contribution in [1.29, 1.82) is 0 Å². The molecule has 0 saturated carbocycles. The number of halogens is 8. The minimum atomic E-state index is -4.39. The Morgan fingerprint density at radius 2 is 1.48 bits per heavy atom. The van der Waals surface area contributed by atoms with Crippen molar-refractivity contribution >= 4 is 34.2 Å². The molecule has 0 radical (unpaired) electrons. The van der Waals surface area contributed by atoms with E-state index in [-0.39, 0.29) is 16.5 Å². The van der Waals surface area contributed by atoms with E-state index in [0.29, 0.717) is 33.8 Å². The van der Waals surface area contributed by atoms with E-state index in [4.69, 9.17) is 23.2 Å². The van der Waals surface area contributed by atoms with E-state index in [1.807, 2.05) is 30.3 Å². The maximum Gasteiger partial charge on any atom is 0.416 e. The van der Waals surface area contributed by atoms with Gasteiger partial charge in [0.2, 0.25) is 0 Å². The molecule has 0 amide bonds. The first kappa shape index (κ1) is 29.4. The van der Waals surface area contributed by atoms with E-state index >= 15 is 0 Å². The van der Waals surface area contributed by atoms with Crippen LogP contribution in [-0.4, -0.2) is 15.0 Å². The van der Waals surface area contributed by atoms with Crippen molar-refractivity contribution in [1.82, 2.24) is 15.0 Å². The summed E-state index contributed by atoms with van der Waals surface area (Å²) in [5, 5.41) is 0.489. The summed E-state index contributed by atoms with van der Waals surface area (Å²) in [7, 11) is 0. The van der Waals surface area contributed by atoms with Gasteiger partial charge in [0.25, 0.3) is 0 Å². The van der Waals surface area contributed by atoms with Gasteiger partial charge in [0.1, 0.15) is 5.52 Å². The molecule has 3 nitrogen and oxygen atoms in total. The number of nitrogens with one attached hydrogen (secondary N) is 1. The van der Waals surface area contributed by atoms with E-state index in [0.717, 1.165) is 17.7 Å². The maximum absolute atomic E-state index is 13.3. The van der Waals surface area contributed by atoms with E-state index in [1.165, 1.54) is 24.7 Å². The fourth-order valence-corrected chi connectivity index (χ4v) is 4.56. The van der Waals surface area contributed by atoms with E-state index < -0.39 is 23.5 Å². The zero-order chi connectivity index (χ0) is 29.1. The van der Waals surface area contributed by atoms with Crippen molar-refractivity contribution in [2.45, 2.75) is 31.6 Å². The molecule has 11 heteroatoms. The fourth-order valence-electron chi connectivity index (χ4n) is 4.18. The summed E-state index contributed by atoms with van der Waals surface area (Å²) >= 11 is 11.5. The number of hydrogen-bond donors (Lipinski definition) is 1. The molecule has 1 atom stereocenters. The van der Waals surface area contributed by atoms with Crippen molar-refractivity contribution in [3.63, 3.8) is 0 Å². The fraction of sp³-hybridized carbons (Fsp3) is 0.172. The number of fused-ring (bicyclic) bond motifs is 1. The van der Waals surface area contributed by atoms with Crippen LogP contribution < -0.4 is 0 Å². The Kier molecular flexibility index (Phi) is 8.75. The highest BCUT2D eigenvalue weighted by Crippen LogP contribution is 2.36. The molecule has 1 unspecified atom stereocenters. The van der Waals surface area contributed by atoms with Crippen LogP contribution in [0.2, 0.25) is 10.0 Å². The van der Waals surface area contributed by atoms with Gasteiger partial charge in [-0.05, 0) is 60.9 Å². The molecule has 208 valence electrons. The molecule has 40 heavy (non-hydrogen) atoms. The summed E-state index contributed by atoms with van der Waals surface area (Å²) in [5.41, 5.74) is 2.10. The number of aromatic amines is 1. The minimum Gasteiger partial charge on any atom is -0.345 e. The van der Waals surface area contributed by atoms with Gasteiger partial charge < -0.3 is 4.98 Å². The normalized spacial score (nSPS) is 12.6. The predicted octanol–water partition coefficient (Wildman–Crippen LogP) is 9.67. The number of rotatable bonds is 4. The topological polar surface area (TPSA) is 41.6 Å². The maximum atomic E-state index is 13.3. The summed E-state index contributed by atoms with van der Waals surface area (Å²) in [6.07, 6.45) is -5.39. The van der Waals surface area contributed by atoms with Crippen LogP contribution in [0.1, 0.15) is 39.4 Å². The van der Waals surface area contributed by atoms with Gasteiger partial charge in [-0.3, -0.25) is 4.98 Å². The molecule has 0 spiro atoms. The SMILES string of the molecule is Cc1cc(C(Cc2ccccc2)c2ccc(Cl)cn2)cc(C(F)(F)F)c1.FC(F)(F)c1cc(Cl)c2nc[nH]c2c1. The second-order valence-corrected chi connectivity index (χ2v) is 9.87. The molecule has 0 bridgehead atoms. The second-order valence-electron chi connectivity index (χ2n) is 9.03. The molecule has 5 aromatic rings. The molecule has 0 aliphatic rings. The largest absolute Gasteiger partial charge is 0.416 e. The number of aryl methyl sites for hydroxylation is 1. The Morgan fingerprint density at radius 3 is 2.10 bits per heavy atom. The highest BCUT2D eigenvalue weighted by molar-refractivity contribution is 6.35. The summed E-state index contributed by atoms with van der Waals surface area (Å²) in [6.45, 7) is 1.67. The van der Waals surface area contributed by atoms with Gasteiger partial charge in [0.15, 0.2) is 0 Å². The van der Waals surface area contributed by atoms with Crippen LogP contribution in [0.5, 0.6) is 0 Å². The zero-order valence-electron chi connectivity index (χ0n) is 20.8. The Hall–Kier alpha value is -3.56. The number of H-pyrrole nitrogens is 1. The average molecular weight is 596 g/mol. The van der Waals surface area contributed by atoms with Crippen LogP contribution >= 0.6 is 23.2 Å².